The van der Waals surface area contributed by atoms with Gasteiger partial charge in [0.2, 0.25) is 0 Å². The van der Waals surface area contributed by atoms with E-state index in [0.29, 0.717) is 5.56 Å². The van der Waals surface area contributed by atoms with Crippen LogP contribution < -0.4 is 0 Å². The molecule has 12 heavy (non-hydrogen) atoms. The zero-order chi connectivity index (χ0) is 8.97. The molecule has 0 bridgehead atoms. The van der Waals surface area contributed by atoms with Crippen LogP contribution in [0.15, 0.2) is 35.0 Å². The molecule has 0 fully saturated rings. The van der Waals surface area contributed by atoms with Crippen molar-refractivity contribution in [3.8, 4) is 6.07 Å². The van der Waals surface area contributed by atoms with E-state index in [4.69, 9.17) is 10.4 Å². The first-order valence-corrected chi connectivity index (χ1v) is 4.07. The minimum Gasteiger partial charge on any atom is -0.514 e. The maximum atomic E-state index is 8.67. The molecular weight excluding hydrogens is 218 g/mol. The number of nitrogens with zero attached hydrogens (tertiary/aromatic N) is 1. The molecule has 60 valence electrons. The Labute approximate surface area is 78.9 Å². The summed E-state index contributed by atoms with van der Waals surface area (Å²) in [6, 6.07) is 9.08. The van der Waals surface area contributed by atoms with Crippen LogP contribution in [0.1, 0.15) is 5.56 Å². The van der Waals surface area contributed by atoms with E-state index < -0.39 is 0 Å². The van der Waals surface area contributed by atoms with E-state index in [1.165, 1.54) is 0 Å². The van der Waals surface area contributed by atoms with Crippen molar-refractivity contribution in [2.45, 2.75) is 0 Å². The summed E-state index contributed by atoms with van der Waals surface area (Å²) in [6.07, 6.45) is 0.807. The van der Waals surface area contributed by atoms with Gasteiger partial charge in [-0.15, -0.1) is 0 Å². The van der Waals surface area contributed by atoms with Crippen molar-refractivity contribution in [3.63, 3.8) is 0 Å². The molecule has 0 radical (unpaired) electrons. The van der Waals surface area contributed by atoms with Crippen molar-refractivity contribution in [1.82, 2.24) is 0 Å². The molecule has 0 aliphatic heterocycles. The van der Waals surface area contributed by atoms with E-state index in [9.17, 15) is 0 Å². The maximum Gasteiger partial charge on any atom is 0.103 e. The lowest BCUT2D eigenvalue weighted by atomic mass is 10.1. The van der Waals surface area contributed by atoms with E-state index in [1.54, 1.807) is 18.2 Å². The third kappa shape index (κ3) is 1.86. The number of aliphatic hydroxyl groups is 1. The highest BCUT2D eigenvalue weighted by Gasteiger charge is 1.99. The molecule has 0 saturated carbocycles. The first kappa shape index (κ1) is 8.82. The zero-order valence-corrected chi connectivity index (χ0v) is 7.75. The molecule has 0 atom stereocenters. The van der Waals surface area contributed by atoms with Crippen LogP contribution in [0.4, 0.5) is 0 Å². The molecule has 0 saturated heterocycles. The van der Waals surface area contributed by atoms with E-state index in [1.807, 2.05) is 12.1 Å². The molecule has 1 rings (SSSR count). The SMILES string of the molecule is N#C/C(=C\O)c1cccc(Br)c1. The van der Waals surface area contributed by atoms with Crippen molar-refractivity contribution in [2.75, 3.05) is 0 Å². The number of hydrogen-bond donors (Lipinski definition) is 1. The largest absolute Gasteiger partial charge is 0.514 e. The van der Waals surface area contributed by atoms with Gasteiger partial charge in [-0.3, -0.25) is 0 Å². The van der Waals surface area contributed by atoms with Crippen LogP contribution in [0.5, 0.6) is 0 Å². The van der Waals surface area contributed by atoms with Crippen molar-refractivity contribution >= 4 is 21.5 Å². The van der Waals surface area contributed by atoms with Gasteiger partial charge >= 0.3 is 0 Å². The summed E-state index contributed by atoms with van der Waals surface area (Å²) in [7, 11) is 0. The average molecular weight is 224 g/mol. The van der Waals surface area contributed by atoms with Gasteiger partial charge in [0.25, 0.3) is 0 Å². The molecule has 0 amide bonds. The molecule has 0 aromatic heterocycles. The number of nitriles is 1. The van der Waals surface area contributed by atoms with Crippen LogP contribution in [0.2, 0.25) is 0 Å². The topological polar surface area (TPSA) is 44.0 Å². The van der Waals surface area contributed by atoms with Crippen LogP contribution >= 0.6 is 15.9 Å². The highest BCUT2D eigenvalue weighted by atomic mass is 79.9. The molecule has 0 spiro atoms. The van der Waals surface area contributed by atoms with Gasteiger partial charge in [-0.25, -0.2) is 0 Å². The van der Waals surface area contributed by atoms with E-state index in [-0.39, 0.29) is 5.57 Å². The number of rotatable bonds is 1. The third-order valence-corrected chi connectivity index (χ3v) is 1.88. The molecule has 0 aliphatic rings. The van der Waals surface area contributed by atoms with Gasteiger partial charge in [-0.1, -0.05) is 28.1 Å². The summed E-state index contributed by atoms with van der Waals surface area (Å²) >= 11 is 3.27. The number of allylic oxidation sites excluding steroid dienone is 1. The number of benzene rings is 1. The van der Waals surface area contributed by atoms with Crippen LogP contribution in [0.25, 0.3) is 5.57 Å². The standard InChI is InChI=1S/C9H6BrNO/c10-9-3-1-2-7(4-9)8(5-11)6-12/h1-4,6,12H/b8-6+. The predicted octanol–water partition coefficient (Wildman–Crippen LogP) is 2.87. The average Bonchev–Trinajstić information content (AvgIpc) is 2.07. The van der Waals surface area contributed by atoms with Gasteiger partial charge in [0.1, 0.15) is 6.07 Å². The van der Waals surface area contributed by atoms with Gasteiger partial charge in [0.15, 0.2) is 0 Å². The lowest BCUT2D eigenvalue weighted by Crippen LogP contribution is -1.80. The molecule has 1 N–H and O–H groups in total. The molecule has 0 unspecified atom stereocenters. The van der Waals surface area contributed by atoms with Crippen molar-refractivity contribution in [3.05, 3.63) is 40.6 Å². The molecule has 1 aromatic carbocycles. The molecular formula is C9H6BrNO. The van der Waals surface area contributed by atoms with Gasteiger partial charge in [0.05, 0.1) is 11.8 Å². The monoisotopic (exact) mass is 223 g/mol. The second-order valence-electron chi connectivity index (χ2n) is 2.16. The highest BCUT2D eigenvalue weighted by molar-refractivity contribution is 9.10. The number of aliphatic hydroxyl groups excluding tert-OH is 1. The zero-order valence-electron chi connectivity index (χ0n) is 6.16. The Kier molecular flexibility index (Phi) is 2.89. The summed E-state index contributed by atoms with van der Waals surface area (Å²) in [5.74, 6) is 0. The van der Waals surface area contributed by atoms with Gasteiger partial charge in [-0.05, 0) is 17.7 Å². The molecule has 3 heteroatoms. The Bertz CT molecular complexity index is 352. The summed E-state index contributed by atoms with van der Waals surface area (Å²) in [6.45, 7) is 0. The Morgan fingerprint density at radius 3 is 2.83 bits per heavy atom. The first-order valence-electron chi connectivity index (χ1n) is 3.28. The van der Waals surface area contributed by atoms with Crippen LogP contribution in [-0.2, 0) is 0 Å². The minimum atomic E-state index is 0.260. The van der Waals surface area contributed by atoms with Gasteiger partial charge in [0, 0.05) is 4.47 Å². The van der Waals surface area contributed by atoms with E-state index in [0.717, 1.165) is 10.7 Å². The molecule has 0 aliphatic carbocycles. The highest BCUT2D eigenvalue weighted by Crippen LogP contribution is 2.17. The normalized spacial score (nSPS) is 10.8. The lowest BCUT2D eigenvalue weighted by molar-refractivity contribution is 0.476. The molecule has 2 nitrogen and oxygen atoms in total. The van der Waals surface area contributed by atoms with Gasteiger partial charge in [-0.2, -0.15) is 5.26 Å². The predicted molar refractivity (Wildman–Crippen MR) is 50.4 cm³/mol. The van der Waals surface area contributed by atoms with E-state index in [2.05, 4.69) is 15.9 Å². The fourth-order valence-corrected chi connectivity index (χ4v) is 1.22. The van der Waals surface area contributed by atoms with Gasteiger partial charge < -0.3 is 5.11 Å². The lowest BCUT2D eigenvalue weighted by Gasteiger charge is -1.96. The van der Waals surface area contributed by atoms with E-state index >= 15 is 0 Å². The smallest absolute Gasteiger partial charge is 0.103 e. The summed E-state index contributed by atoms with van der Waals surface area (Å²) < 4.78 is 0.884. The number of halogens is 1. The number of hydrogen-bond acceptors (Lipinski definition) is 2. The van der Waals surface area contributed by atoms with Crippen LogP contribution in [0.3, 0.4) is 0 Å². The molecule has 1 aromatic rings. The molecule has 0 heterocycles. The summed E-state index contributed by atoms with van der Waals surface area (Å²) in [5.41, 5.74) is 0.964. The summed E-state index contributed by atoms with van der Waals surface area (Å²) in [5, 5.41) is 17.2. The Balaban J connectivity index is 3.13. The fourth-order valence-electron chi connectivity index (χ4n) is 0.824. The minimum absolute atomic E-state index is 0.260. The fraction of sp³-hybridized carbons (Fsp3) is 0. The van der Waals surface area contributed by atoms with Crippen molar-refractivity contribution < 1.29 is 5.11 Å². The maximum absolute atomic E-state index is 8.67. The van der Waals surface area contributed by atoms with Crippen LogP contribution in [0, 0.1) is 11.3 Å². The van der Waals surface area contributed by atoms with Crippen LogP contribution in [-0.4, -0.2) is 5.11 Å². The second-order valence-corrected chi connectivity index (χ2v) is 3.08. The van der Waals surface area contributed by atoms with Crippen molar-refractivity contribution in [2.24, 2.45) is 0 Å². The Hall–Kier alpha value is -1.27. The third-order valence-electron chi connectivity index (χ3n) is 1.39. The summed E-state index contributed by atoms with van der Waals surface area (Å²) in [4.78, 5) is 0. The first-order chi connectivity index (χ1) is 5.77. The van der Waals surface area contributed by atoms with Crippen molar-refractivity contribution in [1.29, 1.82) is 5.26 Å². The Morgan fingerprint density at radius 1 is 1.58 bits per heavy atom. The second kappa shape index (κ2) is 3.93. The quantitative estimate of drug-likeness (QED) is 0.588. The Morgan fingerprint density at radius 2 is 2.33 bits per heavy atom.